The molecule has 0 amide bonds. The smallest absolute Gasteiger partial charge is 0.0706 e. The van der Waals surface area contributed by atoms with Gasteiger partial charge in [0.1, 0.15) is 0 Å². The molecule has 0 saturated heterocycles. The lowest BCUT2D eigenvalue weighted by molar-refractivity contribution is 0.282. The molecule has 0 saturated carbocycles. The summed E-state index contributed by atoms with van der Waals surface area (Å²) < 4.78 is 0. The third-order valence-corrected chi connectivity index (χ3v) is 2.72. The average Bonchev–Trinajstić information content (AvgIpc) is 2.39. The van der Waals surface area contributed by atoms with E-state index in [1.165, 1.54) is 0 Å². The van der Waals surface area contributed by atoms with Crippen LogP contribution in [0.4, 0.5) is 11.4 Å². The minimum Gasteiger partial charge on any atom is -0.398 e. The Morgan fingerprint density at radius 2 is 1.83 bits per heavy atom. The number of nitrogens with zero attached hydrogens (tertiary/aromatic N) is 1. The van der Waals surface area contributed by atoms with Gasteiger partial charge in [-0.3, -0.25) is 10.4 Å². The lowest BCUT2D eigenvalue weighted by Gasteiger charge is -2.11. The Hall–Kier alpha value is -2.40. The number of pyridine rings is 1. The Morgan fingerprint density at radius 3 is 2.44 bits per heavy atom. The molecule has 2 rings (SSSR count). The van der Waals surface area contributed by atoms with Gasteiger partial charge < -0.3 is 16.6 Å². The van der Waals surface area contributed by atoms with E-state index in [-0.39, 0.29) is 12.3 Å². The Kier molecular flexibility index (Phi) is 3.25. The molecule has 2 aromatic rings. The fourth-order valence-electron chi connectivity index (χ4n) is 1.71. The highest BCUT2D eigenvalue weighted by Crippen LogP contribution is 2.23. The van der Waals surface area contributed by atoms with E-state index in [0.29, 0.717) is 28.1 Å². The highest BCUT2D eigenvalue weighted by atomic mass is 16.3. The van der Waals surface area contributed by atoms with Crippen LogP contribution in [-0.2, 0) is 6.61 Å². The first-order valence-electron chi connectivity index (χ1n) is 5.41. The Bertz CT molecular complexity index is 581. The van der Waals surface area contributed by atoms with Crippen LogP contribution >= 0.6 is 0 Å². The third-order valence-electron chi connectivity index (χ3n) is 2.72. The SMILES string of the molecule is N=C(c1ccncc1)c1cc(CO)c(N)cc1N. The molecule has 0 bridgehead atoms. The number of anilines is 2. The summed E-state index contributed by atoms with van der Waals surface area (Å²) >= 11 is 0. The second-order valence-electron chi connectivity index (χ2n) is 3.91. The first kappa shape index (κ1) is 12.1. The van der Waals surface area contributed by atoms with Crippen LogP contribution in [0.25, 0.3) is 0 Å². The van der Waals surface area contributed by atoms with Crippen molar-refractivity contribution in [3.05, 3.63) is 53.3 Å². The maximum atomic E-state index is 9.18. The van der Waals surface area contributed by atoms with Crippen LogP contribution in [0.1, 0.15) is 16.7 Å². The molecule has 5 heteroatoms. The van der Waals surface area contributed by atoms with Gasteiger partial charge in [-0.05, 0) is 24.3 Å². The Balaban J connectivity index is 2.48. The van der Waals surface area contributed by atoms with E-state index in [9.17, 15) is 5.11 Å². The molecule has 0 radical (unpaired) electrons. The molecule has 1 aromatic heterocycles. The highest BCUT2D eigenvalue weighted by Gasteiger charge is 2.11. The standard InChI is InChI=1S/C13H14N4O/c14-11-6-12(15)10(5-9(11)7-18)13(16)8-1-3-17-4-2-8/h1-6,16,18H,7,14-15H2. The molecule has 0 spiro atoms. The van der Waals surface area contributed by atoms with Crippen molar-refractivity contribution in [1.29, 1.82) is 5.41 Å². The Morgan fingerprint density at radius 1 is 1.17 bits per heavy atom. The second-order valence-corrected chi connectivity index (χ2v) is 3.91. The summed E-state index contributed by atoms with van der Waals surface area (Å²) in [5, 5.41) is 17.3. The quantitative estimate of drug-likeness (QED) is 0.478. The van der Waals surface area contributed by atoms with E-state index in [0.717, 1.165) is 0 Å². The molecular weight excluding hydrogens is 228 g/mol. The molecule has 6 N–H and O–H groups in total. The zero-order chi connectivity index (χ0) is 13.1. The molecular formula is C13H14N4O. The molecule has 0 fully saturated rings. The monoisotopic (exact) mass is 242 g/mol. The van der Waals surface area contributed by atoms with Gasteiger partial charge in [0.05, 0.1) is 12.3 Å². The van der Waals surface area contributed by atoms with Crippen molar-refractivity contribution >= 4 is 17.1 Å². The van der Waals surface area contributed by atoms with Crippen LogP contribution in [0.3, 0.4) is 0 Å². The topological polar surface area (TPSA) is 109 Å². The molecule has 92 valence electrons. The van der Waals surface area contributed by atoms with Gasteiger partial charge in [-0.2, -0.15) is 0 Å². The van der Waals surface area contributed by atoms with Crippen LogP contribution in [0.15, 0.2) is 36.7 Å². The van der Waals surface area contributed by atoms with Gasteiger partial charge in [0.15, 0.2) is 0 Å². The molecule has 0 aliphatic carbocycles. The predicted octanol–water partition coefficient (Wildman–Crippen LogP) is 1.15. The maximum Gasteiger partial charge on any atom is 0.0706 e. The molecule has 0 aliphatic heterocycles. The van der Waals surface area contributed by atoms with Gasteiger partial charge in [0.2, 0.25) is 0 Å². The van der Waals surface area contributed by atoms with E-state index < -0.39 is 0 Å². The number of aromatic nitrogens is 1. The van der Waals surface area contributed by atoms with Crippen LogP contribution in [-0.4, -0.2) is 15.8 Å². The molecule has 1 aromatic carbocycles. The fraction of sp³-hybridized carbons (Fsp3) is 0.0769. The van der Waals surface area contributed by atoms with Crippen molar-refractivity contribution in [2.45, 2.75) is 6.61 Å². The van der Waals surface area contributed by atoms with Crippen molar-refractivity contribution in [3.63, 3.8) is 0 Å². The van der Waals surface area contributed by atoms with Crippen LogP contribution in [0, 0.1) is 5.41 Å². The normalized spacial score (nSPS) is 10.3. The summed E-state index contributed by atoms with van der Waals surface area (Å²) in [6.07, 6.45) is 3.23. The largest absolute Gasteiger partial charge is 0.398 e. The van der Waals surface area contributed by atoms with Crippen molar-refractivity contribution in [1.82, 2.24) is 4.98 Å². The van der Waals surface area contributed by atoms with E-state index in [2.05, 4.69) is 4.98 Å². The number of hydrogen-bond acceptors (Lipinski definition) is 5. The van der Waals surface area contributed by atoms with E-state index in [1.54, 1.807) is 36.7 Å². The molecule has 0 atom stereocenters. The van der Waals surface area contributed by atoms with Gasteiger partial charge in [-0.25, -0.2) is 0 Å². The number of nitrogen functional groups attached to an aromatic ring is 2. The predicted molar refractivity (Wildman–Crippen MR) is 71.4 cm³/mol. The number of aliphatic hydroxyl groups is 1. The first-order valence-corrected chi connectivity index (χ1v) is 5.41. The van der Waals surface area contributed by atoms with Gasteiger partial charge in [-0.15, -0.1) is 0 Å². The van der Waals surface area contributed by atoms with Crippen LogP contribution in [0.2, 0.25) is 0 Å². The van der Waals surface area contributed by atoms with Crippen molar-refractivity contribution in [3.8, 4) is 0 Å². The van der Waals surface area contributed by atoms with E-state index >= 15 is 0 Å². The number of rotatable bonds is 3. The molecule has 0 aliphatic rings. The highest BCUT2D eigenvalue weighted by molar-refractivity contribution is 6.14. The molecule has 0 unspecified atom stereocenters. The minimum atomic E-state index is -0.178. The lowest BCUT2D eigenvalue weighted by atomic mass is 9.99. The first-order chi connectivity index (χ1) is 8.63. The van der Waals surface area contributed by atoms with E-state index in [1.807, 2.05) is 0 Å². The number of benzene rings is 1. The van der Waals surface area contributed by atoms with Crippen LogP contribution in [0.5, 0.6) is 0 Å². The minimum absolute atomic E-state index is 0.178. The fourth-order valence-corrected chi connectivity index (χ4v) is 1.71. The number of nitrogens with one attached hydrogen (secondary N) is 1. The summed E-state index contributed by atoms with van der Waals surface area (Å²) in [4.78, 5) is 3.90. The lowest BCUT2D eigenvalue weighted by Crippen LogP contribution is -2.08. The number of aliphatic hydroxyl groups excluding tert-OH is 1. The van der Waals surface area contributed by atoms with Crippen molar-refractivity contribution in [2.24, 2.45) is 0 Å². The number of nitrogens with two attached hydrogens (primary N) is 2. The summed E-state index contributed by atoms with van der Waals surface area (Å²) in [6.45, 7) is -0.178. The summed E-state index contributed by atoms with van der Waals surface area (Å²) in [7, 11) is 0. The number of hydrogen-bond donors (Lipinski definition) is 4. The van der Waals surface area contributed by atoms with Gasteiger partial charge in [-0.1, -0.05) is 0 Å². The van der Waals surface area contributed by atoms with Gasteiger partial charge in [0.25, 0.3) is 0 Å². The van der Waals surface area contributed by atoms with Gasteiger partial charge in [0, 0.05) is 40.5 Å². The average molecular weight is 242 g/mol. The van der Waals surface area contributed by atoms with Gasteiger partial charge >= 0.3 is 0 Å². The maximum absolute atomic E-state index is 9.18. The Labute approximate surface area is 105 Å². The molecule has 18 heavy (non-hydrogen) atoms. The zero-order valence-electron chi connectivity index (χ0n) is 9.72. The van der Waals surface area contributed by atoms with E-state index in [4.69, 9.17) is 16.9 Å². The zero-order valence-corrected chi connectivity index (χ0v) is 9.72. The van der Waals surface area contributed by atoms with Crippen molar-refractivity contribution in [2.75, 3.05) is 11.5 Å². The van der Waals surface area contributed by atoms with Crippen molar-refractivity contribution < 1.29 is 5.11 Å². The molecule has 5 nitrogen and oxygen atoms in total. The third kappa shape index (κ3) is 2.16. The molecule has 1 heterocycles. The second kappa shape index (κ2) is 4.85. The van der Waals surface area contributed by atoms with Crippen LogP contribution < -0.4 is 11.5 Å². The summed E-state index contributed by atoms with van der Waals surface area (Å²) in [6, 6.07) is 6.68. The summed E-state index contributed by atoms with van der Waals surface area (Å²) in [5.74, 6) is 0. The summed E-state index contributed by atoms with van der Waals surface area (Å²) in [5.41, 5.74) is 14.6.